The highest BCUT2D eigenvalue weighted by Crippen LogP contribution is 2.35. The molecule has 1 aliphatic heterocycles. The summed E-state index contributed by atoms with van der Waals surface area (Å²) in [6, 6.07) is 12.8. The van der Waals surface area contributed by atoms with Gasteiger partial charge in [-0.1, -0.05) is 43.7 Å². The lowest BCUT2D eigenvalue weighted by Crippen LogP contribution is -2.48. The standard InChI is InChI=1S/C22H25FN2O2S/c1-14(2)12-20-25(22(27)16-10-8-15(3)9-11-16)19(13-28-20)21(26)24-18-7-5-4-6-17(18)23/h4-11,14,19-20H,12-13H2,1-3H3,(H,24,26). The maximum absolute atomic E-state index is 13.9. The number of rotatable bonds is 5. The van der Waals surface area contributed by atoms with E-state index in [0.29, 0.717) is 17.2 Å². The molecule has 2 aromatic rings. The van der Waals surface area contributed by atoms with Crippen LogP contribution in [0.1, 0.15) is 36.2 Å². The molecular formula is C22H25FN2O2S. The highest BCUT2D eigenvalue weighted by Gasteiger charge is 2.42. The van der Waals surface area contributed by atoms with E-state index in [1.807, 2.05) is 19.1 Å². The molecule has 1 fully saturated rings. The van der Waals surface area contributed by atoms with Gasteiger partial charge in [-0.2, -0.15) is 0 Å². The average Bonchev–Trinajstić information content (AvgIpc) is 3.06. The number of benzene rings is 2. The van der Waals surface area contributed by atoms with Crippen LogP contribution in [-0.2, 0) is 4.79 Å². The molecule has 2 atom stereocenters. The van der Waals surface area contributed by atoms with Gasteiger partial charge in [0.25, 0.3) is 5.91 Å². The number of amides is 2. The molecule has 1 N–H and O–H groups in total. The summed E-state index contributed by atoms with van der Waals surface area (Å²) in [5.74, 6) is -0.126. The third-order valence-electron chi connectivity index (χ3n) is 4.73. The number of nitrogens with zero attached hydrogens (tertiary/aromatic N) is 1. The molecule has 4 nitrogen and oxygen atoms in total. The van der Waals surface area contributed by atoms with Gasteiger partial charge in [0.15, 0.2) is 0 Å². The van der Waals surface area contributed by atoms with Gasteiger partial charge in [-0.25, -0.2) is 4.39 Å². The molecule has 0 aliphatic carbocycles. The largest absolute Gasteiger partial charge is 0.322 e. The molecule has 28 heavy (non-hydrogen) atoms. The Morgan fingerprint density at radius 3 is 2.50 bits per heavy atom. The molecule has 1 saturated heterocycles. The van der Waals surface area contributed by atoms with Crippen LogP contribution in [0.3, 0.4) is 0 Å². The molecule has 0 radical (unpaired) electrons. The second-order valence-corrected chi connectivity index (χ2v) is 8.69. The maximum Gasteiger partial charge on any atom is 0.255 e. The summed E-state index contributed by atoms with van der Waals surface area (Å²) in [5, 5.41) is 2.57. The fourth-order valence-corrected chi connectivity index (χ4v) is 4.89. The van der Waals surface area contributed by atoms with Crippen LogP contribution in [0.25, 0.3) is 0 Å². The second-order valence-electron chi connectivity index (χ2n) is 7.48. The molecule has 3 rings (SSSR count). The molecule has 1 heterocycles. The number of carbonyl (C=O) groups excluding carboxylic acids is 2. The number of para-hydroxylation sites is 1. The minimum absolute atomic E-state index is 0.0785. The Balaban J connectivity index is 1.85. The first-order valence-electron chi connectivity index (χ1n) is 9.43. The summed E-state index contributed by atoms with van der Waals surface area (Å²) in [5.41, 5.74) is 1.76. The van der Waals surface area contributed by atoms with E-state index < -0.39 is 11.9 Å². The lowest BCUT2D eigenvalue weighted by molar-refractivity contribution is -0.119. The Bertz CT molecular complexity index is 854. The number of aryl methyl sites for hydroxylation is 1. The SMILES string of the molecule is Cc1ccc(C(=O)N2C(CC(C)C)SCC2C(=O)Nc2ccccc2F)cc1. The molecule has 0 aromatic heterocycles. The summed E-state index contributed by atoms with van der Waals surface area (Å²) in [4.78, 5) is 27.8. The lowest BCUT2D eigenvalue weighted by Gasteiger charge is -2.30. The predicted molar refractivity (Wildman–Crippen MR) is 112 cm³/mol. The van der Waals surface area contributed by atoms with Crippen LogP contribution in [0, 0.1) is 18.7 Å². The van der Waals surface area contributed by atoms with E-state index in [-0.39, 0.29) is 22.9 Å². The van der Waals surface area contributed by atoms with Crippen molar-refractivity contribution in [2.75, 3.05) is 11.1 Å². The minimum atomic E-state index is -0.637. The van der Waals surface area contributed by atoms with Crippen molar-refractivity contribution in [3.63, 3.8) is 0 Å². The number of carbonyl (C=O) groups is 2. The van der Waals surface area contributed by atoms with Crippen LogP contribution >= 0.6 is 11.8 Å². The van der Waals surface area contributed by atoms with Gasteiger partial charge in [0.2, 0.25) is 5.91 Å². The van der Waals surface area contributed by atoms with Crippen molar-refractivity contribution in [1.29, 1.82) is 0 Å². The van der Waals surface area contributed by atoms with Crippen LogP contribution in [0.5, 0.6) is 0 Å². The second kappa shape index (κ2) is 8.78. The zero-order chi connectivity index (χ0) is 20.3. The topological polar surface area (TPSA) is 49.4 Å². The first-order valence-corrected chi connectivity index (χ1v) is 10.5. The predicted octanol–water partition coefficient (Wildman–Crippen LogP) is 4.70. The Morgan fingerprint density at radius 1 is 1.18 bits per heavy atom. The Labute approximate surface area is 169 Å². The van der Waals surface area contributed by atoms with E-state index >= 15 is 0 Å². The zero-order valence-corrected chi connectivity index (χ0v) is 17.1. The van der Waals surface area contributed by atoms with E-state index in [1.54, 1.807) is 40.9 Å². The van der Waals surface area contributed by atoms with Gasteiger partial charge in [0.1, 0.15) is 11.9 Å². The van der Waals surface area contributed by atoms with Crippen LogP contribution < -0.4 is 5.32 Å². The van der Waals surface area contributed by atoms with Crippen LogP contribution in [0.2, 0.25) is 0 Å². The lowest BCUT2D eigenvalue weighted by atomic mass is 10.1. The highest BCUT2D eigenvalue weighted by atomic mass is 32.2. The number of hydrogen-bond donors (Lipinski definition) is 1. The molecule has 2 unspecified atom stereocenters. The molecule has 6 heteroatoms. The molecule has 0 spiro atoms. The average molecular weight is 401 g/mol. The first-order chi connectivity index (χ1) is 13.4. The number of thioether (sulfide) groups is 1. The van der Waals surface area contributed by atoms with Crippen molar-refractivity contribution in [3.8, 4) is 0 Å². The Hall–Kier alpha value is -2.34. The Morgan fingerprint density at radius 2 is 1.86 bits per heavy atom. The third kappa shape index (κ3) is 4.55. The Kier molecular flexibility index (Phi) is 6.39. The van der Waals surface area contributed by atoms with Crippen molar-refractivity contribution in [2.45, 2.75) is 38.6 Å². The van der Waals surface area contributed by atoms with Gasteiger partial charge in [-0.15, -0.1) is 11.8 Å². The summed E-state index contributed by atoms with van der Waals surface area (Å²) >= 11 is 1.61. The van der Waals surface area contributed by atoms with Gasteiger partial charge in [0, 0.05) is 11.3 Å². The fraction of sp³-hybridized carbons (Fsp3) is 0.364. The maximum atomic E-state index is 13.9. The van der Waals surface area contributed by atoms with Crippen molar-refractivity contribution in [3.05, 3.63) is 65.5 Å². The van der Waals surface area contributed by atoms with Crippen molar-refractivity contribution in [1.82, 2.24) is 4.90 Å². The monoisotopic (exact) mass is 400 g/mol. The first kappa shape index (κ1) is 20.4. The van der Waals surface area contributed by atoms with Crippen LogP contribution in [-0.4, -0.2) is 33.9 Å². The van der Waals surface area contributed by atoms with Gasteiger partial charge < -0.3 is 10.2 Å². The van der Waals surface area contributed by atoms with E-state index in [2.05, 4.69) is 19.2 Å². The normalized spacial score (nSPS) is 19.1. The van der Waals surface area contributed by atoms with E-state index in [9.17, 15) is 14.0 Å². The summed E-state index contributed by atoms with van der Waals surface area (Å²) < 4.78 is 13.9. The molecule has 1 aliphatic rings. The minimum Gasteiger partial charge on any atom is -0.322 e. The molecule has 0 bridgehead atoms. The quantitative estimate of drug-likeness (QED) is 0.791. The van der Waals surface area contributed by atoms with Gasteiger partial charge in [-0.05, 0) is 43.5 Å². The highest BCUT2D eigenvalue weighted by molar-refractivity contribution is 8.00. The third-order valence-corrected chi connectivity index (χ3v) is 6.05. The van der Waals surface area contributed by atoms with Gasteiger partial charge in [-0.3, -0.25) is 9.59 Å². The molecule has 2 aromatic carbocycles. The van der Waals surface area contributed by atoms with Crippen LogP contribution in [0.15, 0.2) is 48.5 Å². The van der Waals surface area contributed by atoms with Gasteiger partial charge in [0.05, 0.1) is 11.1 Å². The van der Waals surface area contributed by atoms with Crippen LogP contribution in [0.4, 0.5) is 10.1 Å². The molecular weight excluding hydrogens is 375 g/mol. The summed E-state index contributed by atoms with van der Waals surface area (Å²) in [6.07, 6.45) is 0.797. The molecule has 0 saturated carbocycles. The molecule has 148 valence electrons. The summed E-state index contributed by atoms with van der Waals surface area (Å²) in [7, 11) is 0. The molecule has 2 amide bonds. The van der Waals surface area contributed by atoms with Crippen molar-refractivity contribution in [2.24, 2.45) is 5.92 Å². The summed E-state index contributed by atoms with van der Waals surface area (Å²) in [6.45, 7) is 6.16. The van der Waals surface area contributed by atoms with E-state index in [1.165, 1.54) is 12.1 Å². The number of halogens is 1. The number of hydrogen-bond acceptors (Lipinski definition) is 3. The van der Waals surface area contributed by atoms with Gasteiger partial charge >= 0.3 is 0 Å². The van der Waals surface area contributed by atoms with Crippen molar-refractivity contribution < 1.29 is 14.0 Å². The number of anilines is 1. The fourth-order valence-electron chi connectivity index (χ4n) is 3.25. The van der Waals surface area contributed by atoms with E-state index in [4.69, 9.17) is 0 Å². The zero-order valence-electron chi connectivity index (χ0n) is 16.3. The van der Waals surface area contributed by atoms with E-state index in [0.717, 1.165) is 12.0 Å². The van der Waals surface area contributed by atoms with Crippen molar-refractivity contribution >= 4 is 29.3 Å². The number of nitrogens with one attached hydrogen (secondary N) is 1. The smallest absolute Gasteiger partial charge is 0.255 e.